The van der Waals surface area contributed by atoms with E-state index >= 15 is 0 Å². The molecular weight excluding hydrogens is 285 g/mol. The molecule has 1 aromatic rings. The predicted molar refractivity (Wildman–Crippen MR) is 82.5 cm³/mol. The first kappa shape index (κ1) is 16.3. The molecule has 22 heavy (non-hydrogen) atoms. The van der Waals surface area contributed by atoms with E-state index in [1.807, 2.05) is 27.7 Å². The lowest BCUT2D eigenvalue weighted by Crippen LogP contribution is -2.33. The van der Waals surface area contributed by atoms with Crippen LogP contribution in [0.1, 0.15) is 44.4 Å². The molecule has 1 heterocycles. The highest BCUT2D eigenvalue weighted by Crippen LogP contribution is 2.29. The van der Waals surface area contributed by atoms with Crippen molar-refractivity contribution >= 4 is 11.9 Å². The monoisotopic (exact) mass is 307 g/mol. The molecule has 1 amide bonds. The highest BCUT2D eigenvalue weighted by Gasteiger charge is 2.29. The summed E-state index contributed by atoms with van der Waals surface area (Å²) in [5, 5.41) is 0. The average Bonchev–Trinajstić information content (AvgIpc) is 2.78. The molecule has 0 saturated carbocycles. The Morgan fingerprint density at radius 3 is 2.45 bits per heavy atom. The number of ether oxygens (including phenoxy) is 2. The van der Waals surface area contributed by atoms with Gasteiger partial charge >= 0.3 is 6.09 Å². The van der Waals surface area contributed by atoms with E-state index in [1.165, 1.54) is 6.07 Å². The molecule has 1 aliphatic rings. The number of hydrogen-bond donors (Lipinski definition) is 0. The van der Waals surface area contributed by atoms with Crippen LogP contribution in [0.5, 0.6) is 0 Å². The molecule has 2 rings (SSSR count). The minimum Gasteiger partial charge on any atom is -0.494 e. The van der Waals surface area contributed by atoms with E-state index < -0.39 is 11.7 Å². The van der Waals surface area contributed by atoms with Crippen LogP contribution < -0.4 is 0 Å². The third-order valence-corrected chi connectivity index (χ3v) is 3.28. The quantitative estimate of drug-likeness (QED) is 0.790. The zero-order valence-corrected chi connectivity index (χ0v) is 13.5. The van der Waals surface area contributed by atoms with E-state index in [-0.39, 0.29) is 5.82 Å². The Labute approximate surface area is 130 Å². The van der Waals surface area contributed by atoms with Crippen molar-refractivity contribution in [3.8, 4) is 0 Å². The van der Waals surface area contributed by atoms with Crippen LogP contribution in [-0.4, -0.2) is 23.2 Å². The predicted octanol–water partition coefficient (Wildman–Crippen LogP) is 4.08. The van der Waals surface area contributed by atoms with Gasteiger partial charge in [0.2, 0.25) is 0 Å². The van der Waals surface area contributed by atoms with Crippen molar-refractivity contribution in [2.75, 3.05) is 6.61 Å². The number of halogens is 1. The first-order chi connectivity index (χ1) is 10.2. The highest BCUT2D eigenvalue weighted by atomic mass is 19.1. The van der Waals surface area contributed by atoms with Gasteiger partial charge in [-0.15, -0.1) is 0 Å². The molecule has 0 aromatic heterocycles. The minimum atomic E-state index is -0.550. The van der Waals surface area contributed by atoms with Crippen LogP contribution in [0, 0.1) is 5.82 Å². The molecular formula is C17H22FNO3. The van der Waals surface area contributed by atoms with Gasteiger partial charge in [-0.1, -0.05) is 6.58 Å². The van der Waals surface area contributed by atoms with Crippen LogP contribution in [0.25, 0.3) is 5.76 Å². The fourth-order valence-electron chi connectivity index (χ4n) is 2.34. The summed E-state index contributed by atoms with van der Waals surface area (Å²) < 4.78 is 24.8. The zero-order valence-electron chi connectivity index (χ0n) is 13.5. The summed E-state index contributed by atoms with van der Waals surface area (Å²) in [6.45, 7) is 12.2. The van der Waals surface area contributed by atoms with Gasteiger partial charge in [0, 0.05) is 13.1 Å². The number of rotatable bonds is 3. The lowest BCUT2D eigenvalue weighted by molar-refractivity contribution is 0.0242. The molecule has 0 N–H and O–H groups in total. The third kappa shape index (κ3) is 3.59. The van der Waals surface area contributed by atoms with Crippen molar-refractivity contribution in [2.24, 2.45) is 0 Å². The van der Waals surface area contributed by atoms with Gasteiger partial charge in [-0.05, 0) is 51.0 Å². The normalized spacial score (nSPS) is 13.8. The van der Waals surface area contributed by atoms with Crippen LogP contribution >= 0.6 is 0 Å². The summed E-state index contributed by atoms with van der Waals surface area (Å²) in [7, 11) is 0. The van der Waals surface area contributed by atoms with E-state index in [4.69, 9.17) is 9.47 Å². The number of amides is 1. The standard InChI is InChI=1S/C17H22FNO3/c1-6-21-11(2)14-7-12-9-19(10-13(12)8-15(14)18)16(20)22-17(3,4)5/h7-8H,2,6,9-10H2,1,3-5H3. The van der Waals surface area contributed by atoms with Crippen LogP contribution in [0.4, 0.5) is 9.18 Å². The van der Waals surface area contributed by atoms with Gasteiger partial charge in [-0.25, -0.2) is 9.18 Å². The van der Waals surface area contributed by atoms with Crippen molar-refractivity contribution in [1.29, 1.82) is 0 Å². The van der Waals surface area contributed by atoms with E-state index in [1.54, 1.807) is 11.0 Å². The SMILES string of the molecule is C=C(OCC)c1cc2c(cc1F)CN(C(=O)OC(C)(C)C)C2. The summed E-state index contributed by atoms with van der Waals surface area (Å²) >= 11 is 0. The largest absolute Gasteiger partial charge is 0.494 e. The average molecular weight is 307 g/mol. The Balaban J connectivity index is 2.18. The Kier molecular flexibility index (Phi) is 4.44. The molecule has 0 saturated heterocycles. The smallest absolute Gasteiger partial charge is 0.410 e. The fraction of sp³-hybridized carbons (Fsp3) is 0.471. The van der Waals surface area contributed by atoms with Crippen molar-refractivity contribution < 1.29 is 18.7 Å². The van der Waals surface area contributed by atoms with E-state index in [0.29, 0.717) is 31.0 Å². The van der Waals surface area contributed by atoms with Crippen LogP contribution in [-0.2, 0) is 22.6 Å². The second kappa shape index (κ2) is 5.99. The number of benzene rings is 1. The number of fused-ring (bicyclic) bond motifs is 1. The molecule has 1 aliphatic heterocycles. The van der Waals surface area contributed by atoms with E-state index in [0.717, 1.165) is 11.1 Å². The first-order valence-corrected chi connectivity index (χ1v) is 7.32. The van der Waals surface area contributed by atoms with Gasteiger partial charge in [0.15, 0.2) is 0 Å². The Hall–Kier alpha value is -2.04. The summed E-state index contributed by atoms with van der Waals surface area (Å²) in [6, 6.07) is 3.15. The summed E-state index contributed by atoms with van der Waals surface area (Å²) in [5.41, 5.74) is 1.47. The molecule has 0 bridgehead atoms. The van der Waals surface area contributed by atoms with Crippen LogP contribution in [0.15, 0.2) is 18.7 Å². The third-order valence-electron chi connectivity index (χ3n) is 3.28. The Morgan fingerprint density at radius 1 is 1.32 bits per heavy atom. The summed E-state index contributed by atoms with van der Waals surface area (Å²) in [4.78, 5) is 13.7. The first-order valence-electron chi connectivity index (χ1n) is 7.32. The molecule has 5 heteroatoms. The van der Waals surface area contributed by atoms with Gasteiger partial charge in [0.05, 0.1) is 12.2 Å². The number of nitrogens with zero attached hydrogens (tertiary/aromatic N) is 1. The van der Waals surface area contributed by atoms with Crippen LogP contribution in [0.3, 0.4) is 0 Å². The molecule has 0 fully saturated rings. The molecule has 0 radical (unpaired) electrons. The lowest BCUT2D eigenvalue weighted by Gasteiger charge is -2.24. The zero-order chi connectivity index (χ0) is 16.5. The van der Waals surface area contributed by atoms with Gasteiger partial charge in [-0.3, -0.25) is 4.90 Å². The second-order valence-electron chi connectivity index (χ2n) is 6.29. The van der Waals surface area contributed by atoms with Crippen molar-refractivity contribution in [1.82, 2.24) is 4.90 Å². The molecule has 0 atom stereocenters. The summed E-state index contributed by atoms with van der Waals surface area (Å²) in [5.74, 6) is -0.0817. The van der Waals surface area contributed by atoms with E-state index in [2.05, 4.69) is 6.58 Å². The lowest BCUT2D eigenvalue weighted by atomic mass is 10.0. The van der Waals surface area contributed by atoms with Crippen molar-refractivity contribution in [3.05, 3.63) is 41.2 Å². The topological polar surface area (TPSA) is 38.8 Å². The minimum absolute atomic E-state index is 0.304. The molecule has 0 spiro atoms. The Bertz CT molecular complexity index is 605. The number of hydrogen-bond acceptors (Lipinski definition) is 3. The maximum atomic E-state index is 14.1. The maximum absolute atomic E-state index is 14.1. The van der Waals surface area contributed by atoms with Gasteiger partial charge in [-0.2, -0.15) is 0 Å². The Morgan fingerprint density at radius 2 is 1.91 bits per heavy atom. The number of carbonyl (C=O) groups is 1. The summed E-state index contributed by atoms with van der Waals surface area (Å²) in [6.07, 6.45) is -0.394. The highest BCUT2D eigenvalue weighted by molar-refractivity contribution is 5.70. The fourth-order valence-corrected chi connectivity index (χ4v) is 2.34. The molecule has 0 unspecified atom stereocenters. The molecule has 120 valence electrons. The maximum Gasteiger partial charge on any atom is 0.410 e. The number of carbonyl (C=O) groups excluding carboxylic acids is 1. The second-order valence-corrected chi connectivity index (χ2v) is 6.29. The molecule has 1 aromatic carbocycles. The van der Waals surface area contributed by atoms with Gasteiger partial charge < -0.3 is 9.47 Å². The van der Waals surface area contributed by atoms with Gasteiger partial charge in [0.25, 0.3) is 0 Å². The van der Waals surface area contributed by atoms with Crippen molar-refractivity contribution in [3.63, 3.8) is 0 Å². The molecule has 4 nitrogen and oxygen atoms in total. The van der Waals surface area contributed by atoms with Gasteiger partial charge in [0.1, 0.15) is 17.2 Å². The van der Waals surface area contributed by atoms with Crippen LogP contribution in [0.2, 0.25) is 0 Å². The van der Waals surface area contributed by atoms with Crippen molar-refractivity contribution in [2.45, 2.75) is 46.4 Å². The molecule has 0 aliphatic carbocycles. The van der Waals surface area contributed by atoms with E-state index in [9.17, 15) is 9.18 Å².